The average molecular weight is 389 g/mol. The first-order chi connectivity index (χ1) is 14.0. The molecule has 5 nitrogen and oxygen atoms in total. The molecule has 1 amide bonds. The van der Waals surface area contributed by atoms with Gasteiger partial charge in [-0.15, -0.1) is 0 Å². The molecule has 1 saturated heterocycles. The SMILES string of the molecule is COc1cccc(C2CCCN2C(=O)c2cccc(Cn3nc(C)cc3C)c2)c1. The van der Waals surface area contributed by atoms with Gasteiger partial charge < -0.3 is 9.64 Å². The maximum atomic E-state index is 13.3. The number of hydrogen-bond donors (Lipinski definition) is 0. The molecule has 1 aliphatic rings. The summed E-state index contributed by atoms with van der Waals surface area (Å²) in [7, 11) is 1.67. The zero-order chi connectivity index (χ0) is 20.4. The normalized spacial score (nSPS) is 16.2. The summed E-state index contributed by atoms with van der Waals surface area (Å²) in [5.41, 5.74) is 5.08. The summed E-state index contributed by atoms with van der Waals surface area (Å²) in [5, 5.41) is 4.53. The summed E-state index contributed by atoms with van der Waals surface area (Å²) in [6, 6.07) is 18.1. The third-order valence-electron chi connectivity index (χ3n) is 5.60. The number of aromatic nitrogens is 2. The second-order valence-corrected chi connectivity index (χ2v) is 7.72. The van der Waals surface area contributed by atoms with Crippen LogP contribution in [0.2, 0.25) is 0 Å². The molecule has 150 valence electrons. The Morgan fingerprint density at radius 3 is 2.72 bits per heavy atom. The van der Waals surface area contributed by atoms with Crippen LogP contribution in [0.1, 0.15) is 51.8 Å². The van der Waals surface area contributed by atoms with E-state index in [2.05, 4.69) is 30.2 Å². The lowest BCUT2D eigenvalue weighted by molar-refractivity contribution is 0.0735. The van der Waals surface area contributed by atoms with Crippen LogP contribution in [0.4, 0.5) is 0 Å². The van der Waals surface area contributed by atoms with Crippen LogP contribution in [0.3, 0.4) is 0 Å². The Balaban J connectivity index is 1.56. The van der Waals surface area contributed by atoms with E-state index in [1.54, 1.807) is 7.11 Å². The molecule has 0 bridgehead atoms. The first kappa shape index (κ1) is 19.2. The number of rotatable bonds is 5. The number of benzene rings is 2. The van der Waals surface area contributed by atoms with Crippen molar-refractivity contribution >= 4 is 5.91 Å². The van der Waals surface area contributed by atoms with Crippen molar-refractivity contribution in [1.82, 2.24) is 14.7 Å². The van der Waals surface area contributed by atoms with Crippen LogP contribution >= 0.6 is 0 Å². The fourth-order valence-electron chi connectivity index (χ4n) is 4.18. The highest BCUT2D eigenvalue weighted by Crippen LogP contribution is 2.34. The maximum absolute atomic E-state index is 13.3. The Kier molecular flexibility index (Phi) is 5.38. The third-order valence-corrected chi connectivity index (χ3v) is 5.60. The molecule has 4 rings (SSSR count). The lowest BCUT2D eigenvalue weighted by Gasteiger charge is -2.25. The maximum Gasteiger partial charge on any atom is 0.254 e. The topological polar surface area (TPSA) is 47.4 Å². The monoisotopic (exact) mass is 389 g/mol. The largest absolute Gasteiger partial charge is 0.497 e. The number of aryl methyl sites for hydroxylation is 2. The summed E-state index contributed by atoms with van der Waals surface area (Å²) in [6.07, 6.45) is 1.99. The van der Waals surface area contributed by atoms with Crippen molar-refractivity contribution in [2.45, 2.75) is 39.3 Å². The van der Waals surface area contributed by atoms with Crippen molar-refractivity contribution in [2.24, 2.45) is 0 Å². The minimum atomic E-state index is 0.0885. The van der Waals surface area contributed by atoms with Gasteiger partial charge in [0.2, 0.25) is 0 Å². The van der Waals surface area contributed by atoms with Crippen molar-refractivity contribution in [3.8, 4) is 5.75 Å². The minimum absolute atomic E-state index is 0.0885. The van der Waals surface area contributed by atoms with Crippen LogP contribution in [0.5, 0.6) is 5.75 Å². The Hall–Kier alpha value is -3.08. The standard InChI is InChI=1S/C24H27N3O2/c1-17-13-18(2)27(25-17)16-19-7-4-9-21(14-19)24(28)26-12-6-11-23(26)20-8-5-10-22(15-20)29-3/h4-5,7-10,13-15,23H,6,11-12,16H2,1-3H3. The minimum Gasteiger partial charge on any atom is -0.497 e. The van der Waals surface area contributed by atoms with Crippen molar-refractivity contribution < 1.29 is 9.53 Å². The van der Waals surface area contributed by atoms with E-state index < -0.39 is 0 Å². The van der Waals surface area contributed by atoms with E-state index in [0.717, 1.165) is 53.2 Å². The summed E-state index contributed by atoms with van der Waals surface area (Å²) >= 11 is 0. The molecule has 0 spiro atoms. The summed E-state index contributed by atoms with van der Waals surface area (Å²) in [5.74, 6) is 0.916. The Morgan fingerprint density at radius 2 is 1.97 bits per heavy atom. The number of carbonyl (C=O) groups is 1. The molecule has 1 aromatic heterocycles. The number of nitrogens with zero attached hydrogens (tertiary/aromatic N) is 3. The first-order valence-corrected chi connectivity index (χ1v) is 10.1. The molecule has 0 radical (unpaired) electrons. The Bertz CT molecular complexity index is 1020. The zero-order valence-electron chi connectivity index (χ0n) is 17.3. The summed E-state index contributed by atoms with van der Waals surface area (Å²) in [4.78, 5) is 15.3. The number of amides is 1. The number of methoxy groups -OCH3 is 1. The fraction of sp³-hybridized carbons (Fsp3) is 0.333. The molecule has 1 aliphatic heterocycles. The van der Waals surface area contributed by atoms with E-state index in [0.29, 0.717) is 6.54 Å². The predicted molar refractivity (Wildman–Crippen MR) is 113 cm³/mol. The van der Waals surface area contributed by atoms with Crippen LogP contribution in [0.25, 0.3) is 0 Å². The van der Waals surface area contributed by atoms with Gasteiger partial charge in [-0.05, 0) is 68.1 Å². The average Bonchev–Trinajstić information content (AvgIpc) is 3.34. The second kappa shape index (κ2) is 8.11. The van der Waals surface area contributed by atoms with Gasteiger partial charge in [0.15, 0.2) is 0 Å². The Labute approximate surface area is 171 Å². The quantitative estimate of drug-likeness (QED) is 0.644. The van der Waals surface area contributed by atoms with Crippen LogP contribution in [-0.4, -0.2) is 34.2 Å². The summed E-state index contributed by atoms with van der Waals surface area (Å²) in [6.45, 7) is 5.50. The predicted octanol–water partition coefficient (Wildman–Crippen LogP) is 4.53. The van der Waals surface area contributed by atoms with E-state index in [1.807, 2.05) is 52.9 Å². The molecule has 1 fully saturated rings. The summed E-state index contributed by atoms with van der Waals surface area (Å²) < 4.78 is 7.35. The van der Waals surface area contributed by atoms with Crippen LogP contribution < -0.4 is 4.74 Å². The molecule has 0 aliphatic carbocycles. The Morgan fingerprint density at radius 1 is 1.14 bits per heavy atom. The van der Waals surface area contributed by atoms with Gasteiger partial charge in [-0.2, -0.15) is 5.10 Å². The molecular weight excluding hydrogens is 362 g/mol. The molecule has 2 aromatic carbocycles. The smallest absolute Gasteiger partial charge is 0.254 e. The van der Waals surface area contributed by atoms with Crippen molar-refractivity contribution in [3.63, 3.8) is 0 Å². The van der Waals surface area contributed by atoms with Gasteiger partial charge >= 0.3 is 0 Å². The fourth-order valence-corrected chi connectivity index (χ4v) is 4.18. The number of ether oxygens (including phenoxy) is 1. The van der Waals surface area contributed by atoms with Gasteiger partial charge in [0, 0.05) is 17.8 Å². The van der Waals surface area contributed by atoms with Crippen LogP contribution in [0, 0.1) is 13.8 Å². The molecule has 1 atom stereocenters. The van der Waals surface area contributed by atoms with E-state index in [9.17, 15) is 4.79 Å². The molecule has 1 unspecified atom stereocenters. The van der Waals surface area contributed by atoms with E-state index >= 15 is 0 Å². The highest BCUT2D eigenvalue weighted by atomic mass is 16.5. The number of likely N-dealkylation sites (tertiary alicyclic amines) is 1. The molecule has 29 heavy (non-hydrogen) atoms. The molecule has 0 saturated carbocycles. The number of carbonyl (C=O) groups excluding carboxylic acids is 1. The molecule has 5 heteroatoms. The highest BCUT2D eigenvalue weighted by Gasteiger charge is 2.30. The molecular formula is C24H27N3O2. The third kappa shape index (κ3) is 4.04. The van der Waals surface area contributed by atoms with Gasteiger partial charge in [-0.3, -0.25) is 9.48 Å². The van der Waals surface area contributed by atoms with Gasteiger partial charge in [-0.1, -0.05) is 24.3 Å². The van der Waals surface area contributed by atoms with Crippen LogP contribution in [-0.2, 0) is 6.54 Å². The second-order valence-electron chi connectivity index (χ2n) is 7.72. The lowest BCUT2D eigenvalue weighted by atomic mass is 10.0. The zero-order valence-corrected chi connectivity index (χ0v) is 17.3. The van der Waals surface area contributed by atoms with Gasteiger partial charge in [0.1, 0.15) is 5.75 Å². The van der Waals surface area contributed by atoms with E-state index in [4.69, 9.17) is 4.74 Å². The molecule has 0 N–H and O–H groups in total. The van der Waals surface area contributed by atoms with Gasteiger partial charge in [0.05, 0.1) is 25.4 Å². The van der Waals surface area contributed by atoms with Crippen molar-refractivity contribution in [2.75, 3.05) is 13.7 Å². The molecule has 2 heterocycles. The number of hydrogen-bond acceptors (Lipinski definition) is 3. The highest BCUT2D eigenvalue weighted by molar-refractivity contribution is 5.94. The molecule has 3 aromatic rings. The first-order valence-electron chi connectivity index (χ1n) is 10.1. The van der Waals surface area contributed by atoms with E-state index in [-0.39, 0.29) is 11.9 Å². The van der Waals surface area contributed by atoms with E-state index in [1.165, 1.54) is 0 Å². The lowest BCUT2D eigenvalue weighted by Crippen LogP contribution is -2.30. The van der Waals surface area contributed by atoms with Gasteiger partial charge in [0.25, 0.3) is 5.91 Å². The van der Waals surface area contributed by atoms with Gasteiger partial charge in [-0.25, -0.2) is 0 Å². The van der Waals surface area contributed by atoms with Crippen molar-refractivity contribution in [3.05, 3.63) is 82.7 Å². The van der Waals surface area contributed by atoms with Crippen molar-refractivity contribution in [1.29, 1.82) is 0 Å². The van der Waals surface area contributed by atoms with Crippen LogP contribution in [0.15, 0.2) is 54.6 Å².